The summed E-state index contributed by atoms with van der Waals surface area (Å²) >= 11 is 6.75. The summed E-state index contributed by atoms with van der Waals surface area (Å²) in [5.41, 5.74) is 2.56. The van der Waals surface area contributed by atoms with Crippen molar-refractivity contribution in [3.05, 3.63) is 50.9 Å². The standard InChI is InChI=1S/C14H8Br2N2O2/c15-9-3-1-7(2-4-9)13-17-11-6-8(14(19)20)5-10(16)12(11)18-13/h1-6H,(H,17,18)(H,19,20). The Morgan fingerprint density at radius 3 is 2.50 bits per heavy atom. The molecular weight excluding hydrogens is 388 g/mol. The maximum atomic E-state index is 11.1. The van der Waals surface area contributed by atoms with Crippen LogP contribution in [0.3, 0.4) is 0 Å². The zero-order chi connectivity index (χ0) is 14.3. The predicted octanol–water partition coefficient (Wildman–Crippen LogP) is 4.45. The molecule has 0 radical (unpaired) electrons. The lowest BCUT2D eigenvalue weighted by Crippen LogP contribution is -1.95. The van der Waals surface area contributed by atoms with E-state index in [2.05, 4.69) is 41.8 Å². The topological polar surface area (TPSA) is 66.0 Å². The Kier molecular flexibility index (Phi) is 3.35. The number of aromatic amines is 1. The van der Waals surface area contributed by atoms with Gasteiger partial charge in [-0.15, -0.1) is 0 Å². The summed E-state index contributed by atoms with van der Waals surface area (Å²) in [5.74, 6) is -0.261. The number of aromatic nitrogens is 2. The van der Waals surface area contributed by atoms with Gasteiger partial charge in [0.2, 0.25) is 0 Å². The minimum atomic E-state index is -0.965. The van der Waals surface area contributed by atoms with Gasteiger partial charge in [0.25, 0.3) is 0 Å². The third-order valence-corrected chi connectivity index (χ3v) is 4.04. The molecule has 2 N–H and O–H groups in total. The predicted molar refractivity (Wildman–Crippen MR) is 83.9 cm³/mol. The summed E-state index contributed by atoms with van der Waals surface area (Å²) in [5, 5.41) is 9.06. The van der Waals surface area contributed by atoms with Crippen LogP contribution in [-0.2, 0) is 0 Å². The third-order valence-electron chi connectivity index (χ3n) is 2.90. The molecule has 100 valence electrons. The van der Waals surface area contributed by atoms with Crippen LogP contribution in [0, 0.1) is 0 Å². The van der Waals surface area contributed by atoms with Crippen LogP contribution in [0.1, 0.15) is 10.4 Å². The number of nitrogens with one attached hydrogen (secondary N) is 1. The lowest BCUT2D eigenvalue weighted by atomic mass is 10.2. The van der Waals surface area contributed by atoms with Crippen molar-refractivity contribution >= 4 is 48.9 Å². The average molecular weight is 396 g/mol. The van der Waals surface area contributed by atoms with E-state index < -0.39 is 5.97 Å². The number of rotatable bonds is 2. The largest absolute Gasteiger partial charge is 0.478 e. The maximum Gasteiger partial charge on any atom is 0.335 e. The first-order valence-corrected chi connectivity index (χ1v) is 7.31. The molecule has 2 aromatic carbocycles. The lowest BCUT2D eigenvalue weighted by molar-refractivity contribution is 0.0697. The van der Waals surface area contributed by atoms with Crippen molar-refractivity contribution in [3.63, 3.8) is 0 Å². The van der Waals surface area contributed by atoms with Crippen molar-refractivity contribution in [1.29, 1.82) is 0 Å². The fourth-order valence-corrected chi connectivity index (χ4v) is 2.76. The SMILES string of the molecule is O=C(O)c1cc(Br)c2nc(-c3ccc(Br)cc3)[nH]c2c1. The molecule has 0 bridgehead atoms. The Bertz CT molecular complexity index is 810. The van der Waals surface area contributed by atoms with E-state index in [0.29, 0.717) is 21.3 Å². The van der Waals surface area contributed by atoms with Gasteiger partial charge in [0.05, 0.1) is 11.1 Å². The number of carboxylic acids is 1. The highest BCUT2D eigenvalue weighted by Gasteiger charge is 2.12. The molecule has 0 fully saturated rings. The molecule has 0 saturated heterocycles. The molecule has 0 aliphatic heterocycles. The first-order valence-electron chi connectivity index (χ1n) is 5.73. The minimum Gasteiger partial charge on any atom is -0.478 e. The number of aromatic carboxylic acids is 1. The van der Waals surface area contributed by atoms with E-state index in [1.165, 1.54) is 0 Å². The van der Waals surface area contributed by atoms with E-state index in [9.17, 15) is 4.79 Å². The molecule has 3 aromatic rings. The molecular formula is C14H8Br2N2O2. The van der Waals surface area contributed by atoms with Crippen LogP contribution in [0.15, 0.2) is 45.3 Å². The highest BCUT2D eigenvalue weighted by molar-refractivity contribution is 9.11. The molecule has 20 heavy (non-hydrogen) atoms. The summed E-state index contributed by atoms with van der Waals surface area (Å²) in [6.45, 7) is 0. The Labute approximate surface area is 131 Å². The highest BCUT2D eigenvalue weighted by Crippen LogP contribution is 2.28. The van der Waals surface area contributed by atoms with Crippen molar-refractivity contribution in [2.45, 2.75) is 0 Å². The first kappa shape index (κ1) is 13.3. The second-order valence-corrected chi connectivity index (χ2v) is 6.02. The molecule has 1 heterocycles. The van der Waals surface area contributed by atoms with E-state index in [-0.39, 0.29) is 5.56 Å². The van der Waals surface area contributed by atoms with E-state index in [1.54, 1.807) is 12.1 Å². The number of hydrogen-bond acceptors (Lipinski definition) is 2. The van der Waals surface area contributed by atoms with Crippen LogP contribution >= 0.6 is 31.9 Å². The molecule has 0 aliphatic rings. The highest BCUT2D eigenvalue weighted by atomic mass is 79.9. The number of benzene rings is 2. The summed E-state index contributed by atoms with van der Waals surface area (Å²) in [6.07, 6.45) is 0. The van der Waals surface area contributed by atoms with Crippen molar-refractivity contribution in [2.24, 2.45) is 0 Å². The van der Waals surface area contributed by atoms with Gasteiger partial charge in [0.1, 0.15) is 11.3 Å². The summed E-state index contributed by atoms with van der Waals surface area (Å²) in [7, 11) is 0. The van der Waals surface area contributed by atoms with Crippen LogP contribution in [0.2, 0.25) is 0 Å². The molecule has 0 spiro atoms. The number of hydrogen-bond donors (Lipinski definition) is 2. The van der Waals surface area contributed by atoms with Gasteiger partial charge >= 0.3 is 5.97 Å². The molecule has 0 saturated carbocycles. The molecule has 0 aliphatic carbocycles. The Hall–Kier alpha value is -1.66. The molecule has 6 heteroatoms. The third kappa shape index (κ3) is 2.36. The molecule has 4 nitrogen and oxygen atoms in total. The van der Waals surface area contributed by atoms with Gasteiger partial charge in [-0.25, -0.2) is 9.78 Å². The van der Waals surface area contributed by atoms with Gasteiger partial charge in [0, 0.05) is 14.5 Å². The molecule has 0 unspecified atom stereocenters. The van der Waals surface area contributed by atoms with Crippen molar-refractivity contribution in [2.75, 3.05) is 0 Å². The van der Waals surface area contributed by atoms with Gasteiger partial charge < -0.3 is 10.1 Å². The number of carboxylic acid groups (broad SMARTS) is 1. The maximum absolute atomic E-state index is 11.1. The second-order valence-electron chi connectivity index (χ2n) is 4.25. The van der Waals surface area contributed by atoms with Gasteiger partial charge in [0.15, 0.2) is 0 Å². The monoisotopic (exact) mass is 394 g/mol. The number of nitrogens with zero attached hydrogens (tertiary/aromatic N) is 1. The number of H-pyrrole nitrogens is 1. The van der Waals surface area contributed by atoms with Crippen LogP contribution in [0.4, 0.5) is 0 Å². The normalized spacial score (nSPS) is 10.9. The zero-order valence-electron chi connectivity index (χ0n) is 10.0. The molecule has 0 atom stereocenters. The fourth-order valence-electron chi connectivity index (χ4n) is 1.94. The smallest absolute Gasteiger partial charge is 0.335 e. The van der Waals surface area contributed by atoms with E-state index in [1.807, 2.05) is 24.3 Å². The Morgan fingerprint density at radius 2 is 1.85 bits per heavy atom. The van der Waals surface area contributed by atoms with Crippen molar-refractivity contribution in [1.82, 2.24) is 9.97 Å². The van der Waals surface area contributed by atoms with Gasteiger partial charge in [-0.05, 0) is 40.2 Å². The van der Waals surface area contributed by atoms with E-state index in [4.69, 9.17) is 5.11 Å². The van der Waals surface area contributed by atoms with Crippen LogP contribution < -0.4 is 0 Å². The van der Waals surface area contributed by atoms with E-state index in [0.717, 1.165) is 10.0 Å². The van der Waals surface area contributed by atoms with Crippen LogP contribution in [0.5, 0.6) is 0 Å². The first-order chi connectivity index (χ1) is 9.54. The molecule has 1 aromatic heterocycles. The summed E-state index contributed by atoms with van der Waals surface area (Å²) in [4.78, 5) is 18.7. The lowest BCUT2D eigenvalue weighted by Gasteiger charge is -1.96. The number of halogens is 2. The van der Waals surface area contributed by atoms with Gasteiger partial charge in [-0.2, -0.15) is 0 Å². The number of carbonyl (C=O) groups is 1. The van der Waals surface area contributed by atoms with Gasteiger partial charge in [-0.1, -0.05) is 28.1 Å². The molecule has 0 amide bonds. The van der Waals surface area contributed by atoms with Crippen LogP contribution in [-0.4, -0.2) is 21.0 Å². The zero-order valence-corrected chi connectivity index (χ0v) is 13.2. The quantitative estimate of drug-likeness (QED) is 0.673. The van der Waals surface area contributed by atoms with Crippen LogP contribution in [0.25, 0.3) is 22.4 Å². The Morgan fingerprint density at radius 1 is 1.15 bits per heavy atom. The van der Waals surface area contributed by atoms with Crippen molar-refractivity contribution in [3.8, 4) is 11.4 Å². The summed E-state index contributed by atoms with van der Waals surface area (Å²) in [6, 6.07) is 10.9. The number of imidazole rings is 1. The molecule has 3 rings (SSSR count). The Balaban J connectivity index is 2.17. The second kappa shape index (κ2) is 5.03. The summed E-state index contributed by atoms with van der Waals surface area (Å²) < 4.78 is 1.65. The average Bonchev–Trinajstić information content (AvgIpc) is 2.84. The van der Waals surface area contributed by atoms with E-state index >= 15 is 0 Å². The fraction of sp³-hybridized carbons (Fsp3) is 0. The van der Waals surface area contributed by atoms with Gasteiger partial charge in [-0.3, -0.25) is 0 Å². The minimum absolute atomic E-state index is 0.218. The van der Waals surface area contributed by atoms with Crippen molar-refractivity contribution < 1.29 is 9.90 Å². The number of fused-ring (bicyclic) bond motifs is 1.